The minimum atomic E-state index is -0.486. The molecule has 130 valence electrons. The van der Waals surface area contributed by atoms with E-state index in [4.69, 9.17) is 4.74 Å². The van der Waals surface area contributed by atoms with Gasteiger partial charge in [0, 0.05) is 31.5 Å². The molecule has 2 aliphatic heterocycles. The van der Waals surface area contributed by atoms with Crippen molar-refractivity contribution in [3.05, 3.63) is 18.7 Å². The Morgan fingerprint density at radius 2 is 1.83 bits per heavy atom. The van der Waals surface area contributed by atoms with Crippen LogP contribution in [-0.4, -0.2) is 52.1 Å². The maximum atomic E-state index is 12.4. The highest BCUT2D eigenvalue weighted by Crippen LogP contribution is 2.42. The van der Waals surface area contributed by atoms with Crippen molar-refractivity contribution in [2.75, 3.05) is 24.5 Å². The minimum Gasteiger partial charge on any atom is -0.444 e. The van der Waals surface area contributed by atoms with Crippen molar-refractivity contribution in [3.63, 3.8) is 0 Å². The topological polar surface area (TPSA) is 75.6 Å². The molecule has 7 heteroatoms. The van der Waals surface area contributed by atoms with E-state index >= 15 is 0 Å². The number of hydrogen-bond acceptors (Lipinski definition) is 5. The summed E-state index contributed by atoms with van der Waals surface area (Å²) in [7, 11) is 0. The zero-order chi connectivity index (χ0) is 17.4. The van der Waals surface area contributed by atoms with Gasteiger partial charge in [-0.15, -0.1) is 0 Å². The fourth-order valence-corrected chi connectivity index (χ4v) is 3.39. The number of hydrogen-bond donors (Lipinski definition) is 0. The number of anilines is 1. The van der Waals surface area contributed by atoms with Crippen molar-refractivity contribution in [2.45, 2.75) is 45.6 Å². The van der Waals surface area contributed by atoms with Crippen molar-refractivity contribution in [1.82, 2.24) is 14.9 Å². The molecule has 2 saturated heterocycles. The van der Waals surface area contributed by atoms with Crippen molar-refractivity contribution in [1.29, 1.82) is 0 Å². The first-order valence-corrected chi connectivity index (χ1v) is 8.31. The maximum Gasteiger partial charge on any atom is 0.410 e. The number of carbonyl (C=O) groups excluding carboxylic acids is 2. The monoisotopic (exact) mass is 332 g/mol. The molecular weight excluding hydrogens is 308 g/mol. The highest BCUT2D eigenvalue weighted by Gasteiger charge is 2.46. The van der Waals surface area contributed by atoms with E-state index in [1.54, 1.807) is 22.2 Å². The average molecular weight is 332 g/mol. The predicted molar refractivity (Wildman–Crippen MR) is 88.5 cm³/mol. The molecule has 2 aliphatic rings. The second-order valence-electron chi connectivity index (χ2n) is 7.72. The zero-order valence-corrected chi connectivity index (χ0v) is 14.5. The molecule has 0 bridgehead atoms. The molecule has 0 unspecified atom stereocenters. The molecule has 1 aromatic heterocycles. The number of carbonyl (C=O) groups is 2. The summed E-state index contributed by atoms with van der Waals surface area (Å²) < 4.78 is 5.43. The smallest absolute Gasteiger partial charge is 0.410 e. The maximum absolute atomic E-state index is 12.4. The van der Waals surface area contributed by atoms with Crippen molar-refractivity contribution >= 4 is 17.7 Å². The normalized spacial score (nSPS) is 20.5. The summed E-state index contributed by atoms with van der Waals surface area (Å²) in [5.74, 6) is 0.107. The summed E-state index contributed by atoms with van der Waals surface area (Å²) in [6, 6.07) is 0. The Hall–Kier alpha value is -2.18. The molecule has 2 amide bonds. The quantitative estimate of drug-likeness (QED) is 0.788. The molecular formula is C17H24N4O3. The molecule has 0 aliphatic carbocycles. The predicted octanol–water partition coefficient (Wildman–Crippen LogP) is 2.23. The summed E-state index contributed by atoms with van der Waals surface area (Å²) in [6.45, 7) is 7.52. The van der Waals surface area contributed by atoms with Gasteiger partial charge in [0.1, 0.15) is 11.9 Å². The SMILES string of the molecule is CC(C)(C)OC(=O)N1CCC2(CC1)CC(=O)N(c1cncnc1)C2. The Balaban J connectivity index is 1.62. The average Bonchev–Trinajstić information content (AvgIpc) is 2.83. The standard InChI is InChI=1S/C17H24N4O3/c1-16(2,3)24-15(23)20-6-4-17(5-7-20)8-14(22)21(11-17)13-9-18-12-19-10-13/h9-10,12H,4-8,11H2,1-3H3. The van der Waals surface area contributed by atoms with E-state index in [-0.39, 0.29) is 17.4 Å². The van der Waals surface area contributed by atoms with E-state index in [1.807, 2.05) is 20.8 Å². The van der Waals surface area contributed by atoms with Crippen LogP contribution in [0.25, 0.3) is 0 Å². The number of piperidine rings is 1. The molecule has 7 nitrogen and oxygen atoms in total. The van der Waals surface area contributed by atoms with Gasteiger partial charge in [-0.25, -0.2) is 14.8 Å². The van der Waals surface area contributed by atoms with Crippen LogP contribution in [0.1, 0.15) is 40.0 Å². The van der Waals surface area contributed by atoms with Gasteiger partial charge < -0.3 is 14.5 Å². The Morgan fingerprint density at radius 3 is 2.42 bits per heavy atom. The van der Waals surface area contributed by atoms with Crippen molar-refractivity contribution < 1.29 is 14.3 Å². The molecule has 0 radical (unpaired) electrons. The Bertz CT molecular complexity index is 618. The lowest BCUT2D eigenvalue weighted by Crippen LogP contribution is -2.46. The number of amides is 2. The first-order valence-electron chi connectivity index (χ1n) is 8.31. The number of rotatable bonds is 1. The molecule has 0 saturated carbocycles. The molecule has 2 fully saturated rings. The largest absolute Gasteiger partial charge is 0.444 e. The van der Waals surface area contributed by atoms with Gasteiger partial charge >= 0.3 is 6.09 Å². The van der Waals surface area contributed by atoms with Crippen LogP contribution >= 0.6 is 0 Å². The fourth-order valence-electron chi connectivity index (χ4n) is 3.39. The Labute approximate surface area is 142 Å². The fraction of sp³-hybridized carbons (Fsp3) is 0.647. The minimum absolute atomic E-state index is 0.0641. The van der Waals surface area contributed by atoms with E-state index < -0.39 is 5.60 Å². The van der Waals surface area contributed by atoms with Gasteiger partial charge in [-0.3, -0.25) is 4.79 Å². The summed E-state index contributed by atoms with van der Waals surface area (Å²) in [5, 5.41) is 0. The number of aromatic nitrogens is 2. The third-order valence-corrected chi connectivity index (χ3v) is 4.66. The lowest BCUT2D eigenvalue weighted by atomic mass is 9.78. The first kappa shape index (κ1) is 16.7. The second-order valence-corrected chi connectivity index (χ2v) is 7.72. The molecule has 24 heavy (non-hydrogen) atoms. The lowest BCUT2D eigenvalue weighted by Gasteiger charge is -2.39. The Kier molecular flexibility index (Phi) is 4.19. The van der Waals surface area contributed by atoms with E-state index in [0.717, 1.165) is 18.5 Å². The van der Waals surface area contributed by atoms with Crippen molar-refractivity contribution in [3.8, 4) is 0 Å². The molecule has 0 atom stereocenters. The van der Waals surface area contributed by atoms with Gasteiger partial charge in [0.05, 0.1) is 18.1 Å². The van der Waals surface area contributed by atoms with Crippen molar-refractivity contribution in [2.24, 2.45) is 5.41 Å². The summed E-state index contributed by atoms with van der Waals surface area (Å²) in [6.07, 6.45) is 6.66. The van der Waals surface area contributed by atoms with Crippen LogP contribution in [0, 0.1) is 5.41 Å². The zero-order valence-electron chi connectivity index (χ0n) is 14.5. The highest BCUT2D eigenvalue weighted by molar-refractivity contribution is 5.96. The van der Waals surface area contributed by atoms with E-state index in [1.165, 1.54) is 6.33 Å². The van der Waals surface area contributed by atoms with Crippen LogP contribution < -0.4 is 4.90 Å². The first-order chi connectivity index (χ1) is 11.3. The third kappa shape index (κ3) is 3.49. The highest BCUT2D eigenvalue weighted by atomic mass is 16.6. The van der Waals surface area contributed by atoms with Gasteiger partial charge in [-0.1, -0.05) is 0 Å². The second kappa shape index (κ2) is 6.03. The van der Waals surface area contributed by atoms with Crippen LogP contribution in [0.4, 0.5) is 10.5 Å². The van der Waals surface area contributed by atoms with Crippen LogP contribution in [0.3, 0.4) is 0 Å². The van der Waals surface area contributed by atoms with E-state index in [9.17, 15) is 9.59 Å². The molecule has 3 heterocycles. The van der Waals surface area contributed by atoms with Gasteiger partial charge in [-0.05, 0) is 33.6 Å². The molecule has 1 aromatic rings. The van der Waals surface area contributed by atoms with Gasteiger partial charge in [0.15, 0.2) is 0 Å². The summed E-state index contributed by atoms with van der Waals surface area (Å²) in [4.78, 5) is 36.1. The number of likely N-dealkylation sites (tertiary alicyclic amines) is 1. The Morgan fingerprint density at radius 1 is 1.21 bits per heavy atom. The number of ether oxygens (including phenoxy) is 1. The van der Waals surface area contributed by atoms with Crippen LogP contribution in [0.2, 0.25) is 0 Å². The van der Waals surface area contributed by atoms with E-state index in [2.05, 4.69) is 9.97 Å². The molecule has 3 rings (SSSR count). The third-order valence-electron chi connectivity index (χ3n) is 4.66. The van der Waals surface area contributed by atoms with Gasteiger partial charge in [0.25, 0.3) is 0 Å². The van der Waals surface area contributed by atoms with Gasteiger partial charge in [-0.2, -0.15) is 0 Å². The number of nitrogens with zero attached hydrogens (tertiary/aromatic N) is 4. The molecule has 0 N–H and O–H groups in total. The summed E-state index contributed by atoms with van der Waals surface area (Å²) in [5.41, 5.74) is 0.194. The lowest BCUT2D eigenvalue weighted by molar-refractivity contribution is -0.118. The van der Waals surface area contributed by atoms with Crippen LogP contribution in [0.5, 0.6) is 0 Å². The summed E-state index contributed by atoms with van der Waals surface area (Å²) >= 11 is 0. The van der Waals surface area contributed by atoms with Gasteiger partial charge in [0.2, 0.25) is 5.91 Å². The van der Waals surface area contributed by atoms with E-state index in [0.29, 0.717) is 26.1 Å². The molecule has 1 spiro atoms. The van der Waals surface area contributed by atoms with Crippen LogP contribution in [-0.2, 0) is 9.53 Å². The molecule has 0 aromatic carbocycles. The van der Waals surface area contributed by atoms with Crippen LogP contribution in [0.15, 0.2) is 18.7 Å².